The van der Waals surface area contributed by atoms with E-state index in [0.29, 0.717) is 10.6 Å². The maximum atomic E-state index is 12.2. The second-order valence-corrected chi connectivity index (χ2v) is 6.90. The second kappa shape index (κ2) is 5.39. The number of carbonyl (C=O) groups excluding carboxylic acids is 1. The summed E-state index contributed by atoms with van der Waals surface area (Å²) in [6, 6.07) is 7.22. The summed E-state index contributed by atoms with van der Waals surface area (Å²) in [6.45, 7) is 0. The molecule has 4 nitrogen and oxygen atoms in total. The number of amides is 1. The predicted molar refractivity (Wildman–Crippen MR) is 90.7 cm³/mol. The van der Waals surface area contributed by atoms with Crippen molar-refractivity contribution in [2.45, 2.75) is 6.17 Å². The first-order valence-corrected chi connectivity index (χ1v) is 8.76. The molecule has 0 bridgehead atoms. The number of thiazole rings is 1. The first-order valence-electron chi connectivity index (χ1n) is 6.55. The molecule has 0 radical (unpaired) electrons. The van der Waals surface area contributed by atoms with Crippen LogP contribution in [0.3, 0.4) is 0 Å². The summed E-state index contributed by atoms with van der Waals surface area (Å²) in [5, 5.41) is 13.8. The molecule has 3 aromatic rings. The molecule has 1 aliphatic rings. The molecule has 0 saturated carbocycles. The number of halogens is 1. The van der Waals surface area contributed by atoms with Crippen molar-refractivity contribution in [3.63, 3.8) is 0 Å². The fraction of sp³-hybridized carbons (Fsp3) is 0.0667. The molecule has 22 heavy (non-hydrogen) atoms. The summed E-state index contributed by atoms with van der Waals surface area (Å²) in [6.07, 6.45) is -0.345. The van der Waals surface area contributed by atoms with Gasteiger partial charge in [-0.2, -0.15) is 11.3 Å². The highest BCUT2D eigenvalue weighted by Gasteiger charge is 2.26. The standard InChI is InChI=1S/C15H10ClN3OS2/c16-9-1-2-10-11(5-9)17-13(19-14(10)20)12-7-22-15(18-12)8-3-4-21-6-8/h1-7,13,17H,(H,19,20)/t13-/m0/s1. The molecule has 110 valence electrons. The Morgan fingerprint density at radius 3 is 2.91 bits per heavy atom. The Labute approximate surface area is 139 Å². The number of anilines is 1. The highest BCUT2D eigenvalue weighted by atomic mass is 35.5. The summed E-state index contributed by atoms with van der Waals surface area (Å²) in [5.41, 5.74) is 3.22. The van der Waals surface area contributed by atoms with Gasteiger partial charge in [-0.25, -0.2) is 4.98 Å². The minimum absolute atomic E-state index is 0.125. The fourth-order valence-corrected chi connectivity index (χ4v) is 4.05. The number of hydrogen-bond donors (Lipinski definition) is 2. The molecule has 7 heteroatoms. The number of carbonyl (C=O) groups is 1. The van der Waals surface area contributed by atoms with Gasteiger partial charge >= 0.3 is 0 Å². The van der Waals surface area contributed by atoms with E-state index in [-0.39, 0.29) is 12.1 Å². The van der Waals surface area contributed by atoms with Gasteiger partial charge in [-0.15, -0.1) is 11.3 Å². The molecule has 0 spiro atoms. The second-order valence-electron chi connectivity index (χ2n) is 4.83. The van der Waals surface area contributed by atoms with Crippen LogP contribution in [0.5, 0.6) is 0 Å². The van der Waals surface area contributed by atoms with E-state index >= 15 is 0 Å². The Kier molecular flexibility index (Phi) is 3.37. The summed E-state index contributed by atoms with van der Waals surface area (Å²) >= 11 is 9.21. The van der Waals surface area contributed by atoms with Crippen LogP contribution in [0.2, 0.25) is 5.02 Å². The van der Waals surface area contributed by atoms with Crippen molar-refractivity contribution < 1.29 is 4.79 Å². The van der Waals surface area contributed by atoms with Crippen LogP contribution in [0, 0.1) is 0 Å². The van der Waals surface area contributed by atoms with E-state index in [1.54, 1.807) is 40.9 Å². The summed E-state index contributed by atoms with van der Waals surface area (Å²) in [4.78, 5) is 16.8. The van der Waals surface area contributed by atoms with Crippen molar-refractivity contribution in [1.82, 2.24) is 10.3 Å². The minimum Gasteiger partial charge on any atom is -0.360 e. The van der Waals surface area contributed by atoms with Crippen LogP contribution in [0.1, 0.15) is 22.2 Å². The lowest BCUT2D eigenvalue weighted by molar-refractivity contribution is 0.0935. The van der Waals surface area contributed by atoms with Crippen LogP contribution < -0.4 is 10.6 Å². The number of thiophene rings is 1. The van der Waals surface area contributed by atoms with E-state index in [2.05, 4.69) is 21.0 Å². The first kappa shape index (κ1) is 13.8. The minimum atomic E-state index is -0.345. The van der Waals surface area contributed by atoms with Gasteiger partial charge in [0.2, 0.25) is 0 Å². The molecule has 0 unspecified atom stereocenters. The van der Waals surface area contributed by atoms with Crippen molar-refractivity contribution in [3.8, 4) is 10.6 Å². The van der Waals surface area contributed by atoms with Crippen molar-refractivity contribution >= 4 is 45.9 Å². The number of aromatic nitrogens is 1. The summed E-state index contributed by atoms with van der Waals surface area (Å²) in [5.74, 6) is -0.125. The van der Waals surface area contributed by atoms with Crippen molar-refractivity contribution in [3.05, 3.63) is 56.7 Å². The molecular weight excluding hydrogens is 338 g/mol. The lowest BCUT2D eigenvalue weighted by Crippen LogP contribution is -2.38. The normalized spacial score (nSPS) is 16.8. The first-order chi connectivity index (χ1) is 10.7. The lowest BCUT2D eigenvalue weighted by atomic mass is 10.1. The third kappa shape index (κ3) is 2.39. The van der Waals surface area contributed by atoms with Gasteiger partial charge in [-0.3, -0.25) is 4.79 Å². The third-order valence-corrected chi connectivity index (χ3v) is 5.22. The third-order valence-electron chi connectivity index (χ3n) is 3.39. The molecule has 4 rings (SSSR count). The number of fused-ring (bicyclic) bond motifs is 1. The van der Waals surface area contributed by atoms with Gasteiger partial charge in [0.15, 0.2) is 0 Å². The van der Waals surface area contributed by atoms with E-state index in [1.165, 1.54) is 0 Å². The number of rotatable bonds is 2. The molecular formula is C15H10ClN3OS2. The number of hydrogen-bond acceptors (Lipinski definition) is 5. The zero-order chi connectivity index (χ0) is 15.1. The van der Waals surface area contributed by atoms with Gasteiger partial charge in [-0.05, 0) is 29.6 Å². The number of nitrogens with zero attached hydrogens (tertiary/aromatic N) is 1. The fourth-order valence-electron chi connectivity index (χ4n) is 2.32. The van der Waals surface area contributed by atoms with E-state index in [9.17, 15) is 4.79 Å². The molecule has 0 saturated heterocycles. The van der Waals surface area contributed by atoms with Gasteiger partial charge in [-0.1, -0.05) is 11.6 Å². The van der Waals surface area contributed by atoms with Crippen LogP contribution in [0.15, 0.2) is 40.4 Å². The Morgan fingerprint density at radius 1 is 1.18 bits per heavy atom. The topological polar surface area (TPSA) is 54.0 Å². The number of benzene rings is 1. The van der Waals surface area contributed by atoms with Gasteiger partial charge in [0, 0.05) is 21.3 Å². The van der Waals surface area contributed by atoms with Gasteiger partial charge in [0.25, 0.3) is 5.91 Å². The Balaban J connectivity index is 1.66. The SMILES string of the molecule is O=C1N[C@@H](c2csc(-c3ccsc3)n2)Nc2cc(Cl)ccc21. The van der Waals surface area contributed by atoms with Crippen molar-refractivity contribution in [1.29, 1.82) is 0 Å². The van der Waals surface area contributed by atoms with E-state index in [1.807, 2.05) is 16.8 Å². The summed E-state index contributed by atoms with van der Waals surface area (Å²) in [7, 11) is 0. The Morgan fingerprint density at radius 2 is 2.09 bits per heavy atom. The molecule has 1 amide bonds. The van der Waals surface area contributed by atoms with Crippen LogP contribution in [-0.4, -0.2) is 10.9 Å². The van der Waals surface area contributed by atoms with Crippen molar-refractivity contribution in [2.75, 3.05) is 5.32 Å². The molecule has 0 fully saturated rings. The molecule has 1 atom stereocenters. The highest BCUT2D eigenvalue weighted by molar-refractivity contribution is 7.14. The van der Waals surface area contributed by atoms with E-state index < -0.39 is 0 Å². The van der Waals surface area contributed by atoms with Crippen LogP contribution in [0.4, 0.5) is 5.69 Å². The maximum absolute atomic E-state index is 12.2. The zero-order valence-corrected chi connectivity index (χ0v) is 13.6. The largest absolute Gasteiger partial charge is 0.360 e. The molecule has 2 aromatic heterocycles. The van der Waals surface area contributed by atoms with E-state index in [0.717, 1.165) is 22.0 Å². The van der Waals surface area contributed by atoms with Gasteiger partial charge in [0.1, 0.15) is 11.2 Å². The Hall–Kier alpha value is -1.89. The number of nitrogens with one attached hydrogen (secondary N) is 2. The average molecular weight is 348 g/mol. The quantitative estimate of drug-likeness (QED) is 0.723. The molecule has 1 aromatic carbocycles. The lowest BCUT2D eigenvalue weighted by Gasteiger charge is -2.26. The summed E-state index contributed by atoms with van der Waals surface area (Å²) < 4.78 is 0. The van der Waals surface area contributed by atoms with Gasteiger partial charge in [0.05, 0.1) is 16.9 Å². The predicted octanol–water partition coefficient (Wildman–Crippen LogP) is 4.38. The molecule has 3 heterocycles. The van der Waals surface area contributed by atoms with Crippen molar-refractivity contribution in [2.24, 2.45) is 0 Å². The molecule has 0 aliphatic carbocycles. The monoisotopic (exact) mass is 347 g/mol. The molecule has 1 aliphatic heterocycles. The maximum Gasteiger partial charge on any atom is 0.255 e. The highest BCUT2D eigenvalue weighted by Crippen LogP contribution is 2.32. The Bertz CT molecular complexity index is 844. The average Bonchev–Trinajstić information content (AvgIpc) is 3.18. The smallest absolute Gasteiger partial charge is 0.255 e. The molecule has 2 N–H and O–H groups in total. The zero-order valence-electron chi connectivity index (χ0n) is 11.2. The van der Waals surface area contributed by atoms with Gasteiger partial charge < -0.3 is 10.6 Å². The van der Waals surface area contributed by atoms with Crippen LogP contribution in [0.25, 0.3) is 10.6 Å². The van der Waals surface area contributed by atoms with E-state index in [4.69, 9.17) is 11.6 Å². The van der Waals surface area contributed by atoms with Crippen LogP contribution in [-0.2, 0) is 0 Å². The van der Waals surface area contributed by atoms with Crippen LogP contribution >= 0.6 is 34.3 Å².